The summed E-state index contributed by atoms with van der Waals surface area (Å²) < 4.78 is 0.763. The Morgan fingerprint density at radius 1 is 1.42 bits per heavy atom. The Kier molecular flexibility index (Phi) is 3.95. The zero-order chi connectivity index (χ0) is 8.97. The summed E-state index contributed by atoms with van der Waals surface area (Å²) in [5.74, 6) is 1.21. The molecule has 0 saturated heterocycles. The van der Waals surface area contributed by atoms with Gasteiger partial charge in [-0.15, -0.1) is 0 Å². The number of aryl methyl sites for hydroxylation is 1. The zero-order valence-corrected chi connectivity index (χ0v) is 9.11. The number of aromatic hydroxyl groups is 1. The fourth-order valence-electron chi connectivity index (χ4n) is 1.03. The van der Waals surface area contributed by atoms with Gasteiger partial charge >= 0.3 is 0 Å². The lowest BCUT2D eigenvalue weighted by molar-refractivity contribution is 0.464. The van der Waals surface area contributed by atoms with Crippen molar-refractivity contribution in [2.24, 2.45) is 0 Å². The van der Waals surface area contributed by atoms with Gasteiger partial charge < -0.3 is 5.11 Å². The van der Waals surface area contributed by atoms with Gasteiger partial charge in [0.25, 0.3) is 0 Å². The summed E-state index contributed by atoms with van der Waals surface area (Å²) in [5.41, 5.74) is 0.985. The molecule has 66 valence electrons. The zero-order valence-electron chi connectivity index (χ0n) is 6.63. The maximum Gasteiger partial charge on any atom is 0.132 e. The van der Waals surface area contributed by atoms with Gasteiger partial charge in [-0.25, -0.2) is 0 Å². The molecule has 12 heavy (non-hydrogen) atoms. The maximum atomic E-state index is 9.55. The minimum Gasteiger partial charge on any atom is -0.506 e. The van der Waals surface area contributed by atoms with Crippen molar-refractivity contribution >= 4 is 28.6 Å². The van der Waals surface area contributed by atoms with Crippen molar-refractivity contribution in [2.45, 2.75) is 12.8 Å². The van der Waals surface area contributed by atoms with Gasteiger partial charge in [0, 0.05) is 0 Å². The minimum absolute atomic E-state index is 0.360. The molecular weight excluding hydrogens is 236 g/mol. The molecule has 0 heterocycles. The van der Waals surface area contributed by atoms with E-state index in [4.69, 9.17) is 0 Å². The van der Waals surface area contributed by atoms with Gasteiger partial charge in [-0.2, -0.15) is 12.6 Å². The highest BCUT2D eigenvalue weighted by atomic mass is 79.9. The molecule has 1 aromatic carbocycles. The molecule has 0 radical (unpaired) electrons. The van der Waals surface area contributed by atoms with E-state index >= 15 is 0 Å². The van der Waals surface area contributed by atoms with E-state index in [9.17, 15) is 5.11 Å². The minimum atomic E-state index is 0.360. The van der Waals surface area contributed by atoms with E-state index in [2.05, 4.69) is 28.6 Å². The van der Waals surface area contributed by atoms with Crippen molar-refractivity contribution in [3.8, 4) is 5.75 Å². The SMILES string of the molecule is Oc1c(Br)cccc1CCCS. The van der Waals surface area contributed by atoms with Gasteiger partial charge in [-0.3, -0.25) is 0 Å². The average molecular weight is 247 g/mol. The number of halogens is 1. The summed E-state index contributed by atoms with van der Waals surface area (Å²) in [7, 11) is 0. The number of hydrogen-bond donors (Lipinski definition) is 2. The van der Waals surface area contributed by atoms with Crippen LogP contribution >= 0.6 is 28.6 Å². The van der Waals surface area contributed by atoms with Crippen molar-refractivity contribution in [2.75, 3.05) is 5.75 Å². The van der Waals surface area contributed by atoms with Crippen molar-refractivity contribution in [3.05, 3.63) is 28.2 Å². The molecular formula is C9H11BrOS. The smallest absolute Gasteiger partial charge is 0.132 e. The Bertz CT molecular complexity index is 263. The Balaban J connectivity index is 2.78. The third-order valence-electron chi connectivity index (χ3n) is 1.67. The Morgan fingerprint density at radius 3 is 2.83 bits per heavy atom. The van der Waals surface area contributed by atoms with Crippen molar-refractivity contribution < 1.29 is 5.11 Å². The molecule has 0 atom stereocenters. The topological polar surface area (TPSA) is 20.2 Å². The second-order valence-electron chi connectivity index (χ2n) is 2.57. The first-order chi connectivity index (χ1) is 5.75. The van der Waals surface area contributed by atoms with Crippen LogP contribution in [0.3, 0.4) is 0 Å². The lowest BCUT2D eigenvalue weighted by Gasteiger charge is -2.04. The molecule has 1 rings (SSSR count). The molecule has 1 N–H and O–H groups in total. The molecule has 0 saturated carbocycles. The summed E-state index contributed by atoms with van der Waals surface area (Å²) in [6, 6.07) is 5.70. The summed E-state index contributed by atoms with van der Waals surface area (Å²) in [5, 5.41) is 9.55. The number of phenols is 1. The van der Waals surface area contributed by atoms with Crippen LogP contribution in [-0.4, -0.2) is 10.9 Å². The molecule has 0 fully saturated rings. The number of hydrogen-bond acceptors (Lipinski definition) is 2. The average Bonchev–Trinajstić information content (AvgIpc) is 2.08. The highest BCUT2D eigenvalue weighted by molar-refractivity contribution is 9.10. The van der Waals surface area contributed by atoms with Gasteiger partial charge in [-0.05, 0) is 46.2 Å². The number of benzene rings is 1. The van der Waals surface area contributed by atoms with E-state index in [-0.39, 0.29) is 0 Å². The second-order valence-corrected chi connectivity index (χ2v) is 3.88. The molecule has 0 amide bonds. The highest BCUT2D eigenvalue weighted by Crippen LogP contribution is 2.28. The fourth-order valence-corrected chi connectivity index (χ4v) is 1.60. The lowest BCUT2D eigenvalue weighted by atomic mass is 10.1. The van der Waals surface area contributed by atoms with Crippen LogP contribution in [-0.2, 0) is 6.42 Å². The van der Waals surface area contributed by atoms with E-state index in [0.29, 0.717) is 5.75 Å². The number of rotatable bonds is 3. The van der Waals surface area contributed by atoms with E-state index in [1.807, 2.05) is 18.2 Å². The maximum absolute atomic E-state index is 9.55. The van der Waals surface area contributed by atoms with Crippen LogP contribution in [0.15, 0.2) is 22.7 Å². The van der Waals surface area contributed by atoms with Crippen molar-refractivity contribution in [3.63, 3.8) is 0 Å². The molecule has 0 aliphatic rings. The highest BCUT2D eigenvalue weighted by Gasteiger charge is 2.02. The number of phenolic OH excluding ortho intramolecular Hbond substituents is 1. The van der Waals surface area contributed by atoms with Crippen LogP contribution in [0.5, 0.6) is 5.75 Å². The van der Waals surface area contributed by atoms with Crippen LogP contribution in [0.25, 0.3) is 0 Å². The van der Waals surface area contributed by atoms with E-state index in [1.54, 1.807) is 0 Å². The molecule has 3 heteroatoms. The van der Waals surface area contributed by atoms with Crippen molar-refractivity contribution in [1.82, 2.24) is 0 Å². The fraction of sp³-hybridized carbons (Fsp3) is 0.333. The van der Waals surface area contributed by atoms with E-state index < -0.39 is 0 Å². The summed E-state index contributed by atoms with van der Waals surface area (Å²) >= 11 is 7.39. The largest absolute Gasteiger partial charge is 0.506 e. The molecule has 1 nitrogen and oxygen atoms in total. The molecule has 0 unspecified atom stereocenters. The van der Waals surface area contributed by atoms with Gasteiger partial charge in [0.15, 0.2) is 0 Å². The molecule has 1 aromatic rings. The van der Waals surface area contributed by atoms with Gasteiger partial charge in [0.05, 0.1) is 4.47 Å². The Morgan fingerprint density at radius 2 is 2.17 bits per heavy atom. The molecule has 0 spiro atoms. The summed E-state index contributed by atoms with van der Waals surface area (Å²) in [6.45, 7) is 0. The monoisotopic (exact) mass is 246 g/mol. The van der Waals surface area contributed by atoms with E-state index in [0.717, 1.165) is 28.6 Å². The lowest BCUT2D eigenvalue weighted by Crippen LogP contribution is -1.87. The standard InChI is InChI=1S/C9H11BrOS/c10-8-5-1-3-7(9(8)11)4-2-6-12/h1,3,5,11-12H,2,4,6H2. The van der Waals surface area contributed by atoms with Crippen LogP contribution in [0, 0.1) is 0 Å². The molecule has 0 aliphatic carbocycles. The quantitative estimate of drug-likeness (QED) is 0.786. The first-order valence-corrected chi connectivity index (χ1v) is 5.25. The normalized spacial score (nSPS) is 10.2. The second kappa shape index (κ2) is 4.77. The van der Waals surface area contributed by atoms with Gasteiger partial charge in [0.2, 0.25) is 0 Å². The summed E-state index contributed by atoms with van der Waals surface area (Å²) in [4.78, 5) is 0. The van der Waals surface area contributed by atoms with E-state index in [1.165, 1.54) is 0 Å². The van der Waals surface area contributed by atoms with Crippen LogP contribution in [0.2, 0.25) is 0 Å². The molecule has 0 aliphatic heterocycles. The predicted molar refractivity (Wildman–Crippen MR) is 58.0 cm³/mol. The first kappa shape index (κ1) is 9.93. The first-order valence-electron chi connectivity index (χ1n) is 3.83. The Labute approximate surface area is 86.3 Å². The van der Waals surface area contributed by atoms with Gasteiger partial charge in [-0.1, -0.05) is 12.1 Å². The number of para-hydroxylation sites is 1. The van der Waals surface area contributed by atoms with Crippen LogP contribution < -0.4 is 0 Å². The molecule has 0 aromatic heterocycles. The third kappa shape index (κ3) is 2.42. The van der Waals surface area contributed by atoms with Crippen molar-refractivity contribution in [1.29, 1.82) is 0 Å². The third-order valence-corrected chi connectivity index (χ3v) is 2.63. The predicted octanol–water partition coefficient (Wildman–Crippen LogP) is 3.02. The molecule has 0 bridgehead atoms. The summed E-state index contributed by atoms with van der Waals surface area (Å²) in [6.07, 6.45) is 1.88. The van der Waals surface area contributed by atoms with Crippen LogP contribution in [0.1, 0.15) is 12.0 Å². The Hall–Kier alpha value is -0.150. The van der Waals surface area contributed by atoms with Crippen LogP contribution in [0.4, 0.5) is 0 Å². The van der Waals surface area contributed by atoms with Gasteiger partial charge in [0.1, 0.15) is 5.75 Å². The number of thiol groups is 1.